The van der Waals surface area contributed by atoms with Gasteiger partial charge in [-0.05, 0) is 0 Å². The summed E-state index contributed by atoms with van der Waals surface area (Å²) in [4.78, 5) is 34.5. The number of Topliss-reactive ketones (excluding diaryl/α,β-unsaturated/α-hetero) is 1. The number of hydrogen-bond acceptors (Lipinski definition) is 4. The maximum Gasteiger partial charge on any atom is 0.314 e. The van der Waals surface area contributed by atoms with Crippen molar-refractivity contribution < 1.29 is 19.6 Å². The number of nitro groups is 1. The highest BCUT2D eigenvalue weighted by atomic mass is 16.6. The fourth-order valence-electron chi connectivity index (χ4n) is 2.43. The molecule has 1 N–H and O–H groups in total. The van der Waals surface area contributed by atoms with Crippen LogP contribution in [0.5, 0.6) is 0 Å². The van der Waals surface area contributed by atoms with Crippen molar-refractivity contribution in [2.24, 2.45) is 5.92 Å². The van der Waals surface area contributed by atoms with Crippen molar-refractivity contribution >= 4 is 11.8 Å². The minimum Gasteiger partial charge on any atom is -0.481 e. The summed E-state index contributed by atoms with van der Waals surface area (Å²) in [5, 5.41) is 20.8. The van der Waals surface area contributed by atoms with E-state index < -0.39 is 35.1 Å². The van der Waals surface area contributed by atoms with E-state index in [1.165, 1.54) is 12.1 Å². The first-order valence-electron chi connectivity index (χ1n) is 7.00. The molecule has 0 fully saturated rings. The predicted octanol–water partition coefficient (Wildman–Crippen LogP) is 2.98. The quantitative estimate of drug-likeness (QED) is 0.481. The predicted molar refractivity (Wildman–Crippen MR) is 82.7 cm³/mol. The third-order valence-corrected chi connectivity index (χ3v) is 3.57. The number of hydrogen-bond donors (Lipinski definition) is 1. The van der Waals surface area contributed by atoms with Gasteiger partial charge in [0.1, 0.15) is 5.92 Å². The van der Waals surface area contributed by atoms with Gasteiger partial charge in [0.15, 0.2) is 5.78 Å². The summed E-state index contributed by atoms with van der Waals surface area (Å²) in [6.45, 7) is 0. The fourth-order valence-corrected chi connectivity index (χ4v) is 2.43. The lowest BCUT2D eigenvalue weighted by Crippen LogP contribution is -2.30. The van der Waals surface area contributed by atoms with Crippen LogP contribution in [0, 0.1) is 16.0 Å². The highest BCUT2D eigenvalue weighted by molar-refractivity contribution is 5.98. The summed E-state index contributed by atoms with van der Waals surface area (Å²) in [5.41, 5.74) is 0.611. The lowest BCUT2D eigenvalue weighted by molar-refractivity contribution is -0.536. The van der Waals surface area contributed by atoms with Gasteiger partial charge in [0, 0.05) is 22.5 Å². The van der Waals surface area contributed by atoms with E-state index in [0.717, 1.165) is 0 Å². The second kappa shape index (κ2) is 7.31. The van der Waals surface area contributed by atoms with E-state index in [-0.39, 0.29) is 5.56 Å². The monoisotopic (exact) mass is 313 g/mol. The first-order valence-corrected chi connectivity index (χ1v) is 7.00. The number of carboxylic acids is 1. The summed E-state index contributed by atoms with van der Waals surface area (Å²) in [5.74, 6) is -3.22. The molecule has 2 aromatic rings. The molecule has 0 aliphatic rings. The van der Waals surface area contributed by atoms with Crippen LogP contribution in [0.3, 0.4) is 0 Å². The second-order valence-corrected chi connectivity index (χ2v) is 5.08. The molecule has 0 saturated carbocycles. The fraction of sp³-hybridized carbons (Fsp3) is 0.176. The van der Waals surface area contributed by atoms with Crippen LogP contribution in [0.2, 0.25) is 0 Å². The van der Waals surface area contributed by atoms with Crippen molar-refractivity contribution in [1.82, 2.24) is 0 Å². The third kappa shape index (κ3) is 4.00. The van der Waals surface area contributed by atoms with Gasteiger partial charge in [-0.3, -0.25) is 19.7 Å². The topological polar surface area (TPSA) is 97.5 Å². The molecule has 23 heavy (non-hydrogen) atoms. The number of rotatable bonds is 7. The Labute approximate surface area is 132 Å². The summed E-state index contributed by atoms with van der Waals surface area (Å²) in [6.07, 6.45) is -0.431. The van der Waals surface area contributed by atoms with Crippen molar-refractivity contribution in [1.29, 1.82) is 0 Å². The standard InChI is InChI=1S/C17H15NO5/c19-15(12-7-3-1-4-8-12)11-14(17(20)21)16(18(22)23)13-9-5-2-6-10-13/h1-10,14,16H,11H2,(H,20,21)/t14-,16-/m0/s1. The minimum atomic E-state index is -1.47. The first kappa shape index (κ1) is 16.4. The number of aliphatic carboxylic acids is 1. The van der Waals surface area contributed by atoms with E-state index in [2.05, 4.69) is 0 Å². The van der Waals surface area contributed by atoms with E-state index in [1.54, 1.807) is 48.5 Å². The molecule has 0 amide bonds. The molecule has 0 aromatic heterocycles. The van der Waals surface area contributed by atoms with Gasteiger partial charge in [-0.2, -0.15) is 0 Å². The smallest absolute Gasteiger partial charge is 0.314 e. The maximum absolute atomic E-state index is 12.2. The van der Waals surface area contributed by atoms with Crippen LogP contribution in [-0.4, -0.2) is 21.8 Å². The van der Waals surface area contributed by atoms with E-state index in [9.17, 15) is 24.8 Å². The zero-order valence-electron chi connectivity index (χ0n) is 12.2. The summed E-state index contributed by atoms with van der Waals surface area (Å²) in [7, 11) is 0. The molecule has 0 spiro atoms. The van der Waals surface area contributed by atoms with Gasteiger partial charge in [0.05, 0.1) is 0 Å². The Hall–Kier alpha value is -3.02. The zero-order chi connectivity index (χ0) is 16.8. The average molecular weight is 313 g/mol. The van der Waals surface area contributed by atoms with Gasteiger partial charge in [-0.1, -0.05) is 60.7 Å². The molecule has 0 saturated heterocycles. The van der Waals surface area contributed by atoms with E-state index in [4.69, 9.17) is 0 Å². The lowest BCUT2D eigenvalue weighted by atomic mass is 9.88. The van der Waals surface area contributed by atoms with Gasteiger partial charge in [-0.25, -0.2) is 0 Å². The van der Waals surface area contributed by atoms with E-state index in [1.807, 2.05) is 0 Å². The molecule has 118 valence electrons. The van der Waals surface area contributed by atoms with Crippen LogP contribution in [0.1, 0.15) is 28.4 Å². The highest BCUT2D eigenvalue weighted by Crippen LogP contribution is 2.29. The minimum absolute atomic E-state index is 0.269. The Morgan fingerprint density at radius 3 is 2.00 bits per heavy atom. The molecule has 0 radical (unpaired) electrons. The average Bonchev–Trinajstić information content (AvgIpc) is 2.55. The van der Waals surface area contributed by atoms with Crippen molar-refractivity contribution in [3.05, 3.63) is 81.9 Å². The van der Waals surface area contributed by atoms with Gasteiger partial charge < -0.3 is 5.11 Å². The SMILES string of the molecule is O=C(C[C@H](C(=O)O)[C@H](c1ccccc1)[N+](=O)[O-])c1ccccc1. The molecule has 0 heterocycles. The number of ketones is 1. The van der Waals surface area contributed by atoms with Gasteiger partial charge in [-0.15, -0.1) is 0 Å². The number of carbonyl (C=O) groups excluding carboxylic acids is 1. The van der Waals surface area contributed by atoms with Crippen molar-refractivity contribution in [2.45, 2.75) is 12.5 Å². The molecule has 0 aliphatic carbocycles. The zero-order valence-corrected chi connectivity index (χ0v) is 12.2. The highest BCUT2D eigenvalue weighted by Gasteiger charge is 2.40. The molecule has 0 unspecified atom stereocenters. The molecular formula is C17H15NO5. The van der Waals surface area contributed by atoms with Gasteiger partial charge in [0.2, 0.25) is 0 Å². The number of carbonyl (C=O) groups is 2. The van der Waals surface area contributed by atoms with E-state index >= 15 is 0 Å². The Morgan fingerprint density at radius 2 is 1.52 bits per heavy atom. The van der Waals surface area contributed by atoms with Crippen LogP contribution in [0.25, 0.3) is 0 Å². The van der Waals surface area contributed by atoms with Crippen molar-refractivity contribution in [3.63, 3.8) is 0 Å². The van der Waals surface area contributed by atoms with Crippen LogP contribution in [0.4, 0.5) is 0 Å². The number of nitrogens with zero attached hydrogens (tertiary/aromatic N) is 1. The molecule has 6 nitrogen and oxygen atoms in total. The summed E-state index contributed by atoms with van der Waals surface area (Å²) >= 11 is 0. The molecule has 2 atom stereocenters. The van der Waals surface area contributed by atoms with Crippen molar-refractivity contribution in [3.8, 4) is 0 Å². The first-order chi connectivity index (χ1) is 11.0. The van der Waals surface area contributed by atoms with Gasteiger partial charge in [0.25, 0.3) is 6.04 Å². The Morgan fingerprint density at radius 1 is 1.00 bits per heavy atom. The molecular weight excluding hydrogens is 298 g/mol. The van der Waals surface area contributed by atoms with Crippen LogP contribution in [-0.2, 0) is 4.79 Å². The number of carboxylic acid groups (broad SMARTS) is 1. The number of benzene rings is 2. The third-order valence-electron chi connectivity index (χ3n) is 3.57. The van der Waals surface area contributed by atoms with Crippen molar-refractivity contribution in [2.75, 3.05) is 0 Å². The van der Waals surface area contributed by atoms with Gasteiger partial charge >= 0.3 is 5.97 Å². The van der Waals surface area contributed by atoms with E-state index in [0.29, 0.717) is 5.56 Å². The molecule has 0 aliphatic heterocycles. The second-order valence-electron chi connectivity index (χ2n) is 5.08. The van der Waals surface area contributed by atoms with Crippen LogP contribution >= 0.6 is 0 Å². The Bertz CT molecular complexity index is 699. The lowest BCUT2D eigenvalue weighted by Gasteiger charge is -2.17. The molecule has 2 rings (SSSR count). The van der Waals surface area contributed by atoms with Crippen LogP contribution in [0.15, 0.2) is 60.7 Å². The summed E-state index contributed by atoms with van der Waals surface area (Å²) < 4.78 is 0. The largest absolute Gasteiger partial charge is 0.481 e. The summed E-state index contributed by atoms with van der Waals surface area (Å²) in [6, 6.07) is 14.6. The Balaban J connectivity index is 2.31. The molecule has 0 bridgehead atoms. The normalized spacial score (nSPS) is 13.0. The Kier molecular flexibility index (Phi) is 5.19. The molecule has 6 heteroatoms. The molecule has 2 aromatic carbocycles. The van der Waals surface area contributed by atoms with Crippen LogP contribution < -0.4 is 0 Å². The maximum atomic E-state index is 12.2.